The minimum atomic E-state index is -1.23. The lowest BCUT2D eigenvalue weighted by Gasteiger charge is -2.08. The van der Waals surface area contributed by atoms with Gasteiger partial charge in [-0.2, -0.15) is 0 Å². The first-order valence-corrected chi connectivity index (χ1v) is 5.80. The van der Waals surface area contributed by atoms with E-state index in [9.17, 15) is 9.59 Å². The van der Waals surface area contributed by atoms with Crippen molar-refractivity contribution in [2.24, 2.45) is 0 Å². The van der Waals surface area contributed by atoms with Crippen LogP contribution in [-0.2, 0) is 6.54 Å². The van der Waals surface area contributed by atoms with Crippen molar-refractivity contribution in [1.82, 2.24) is 15.3 Å². The number of carbonyl (C=O) groups excluding carboxylic acids is 1. The van der Waals surface area contributed by atoms with Crippen molar-refractivity contribution in [2.45, 2.75) is 6.54 Å². The van der Waals surface area contributed by atoms with Crippen LogP contribution in [0.4, 0.5) is 0 Å². The van der Waals surface area contributed by atoms with Crippen LogP contribution in [0.2, 0.25) is 0 Å². The zero-order valence-corrected chi connectivity index (χ0v) is 10.7. The number of amides is 1. The maximum absolute atomic E-state index is 11.9. The average molecular weight is 275 g/mol. The monoisotopic (exact) mass is 275 g/mol. The highest BCUT2D eigenvalue weighted by Crippen LogP contribution is 2.16. The predicted octanol–water partition coefficient (Wildman–Crippen LogP) is 1.05. The molecule has 7 heteroatoms. The number of imidazole rings is 1. The molecule has 3 N–H and O–H groups in total. The second kappa shape index (κ2) is 5.87. The summed E-state index contributed by atoms with van der Waals surface area (Å²) in [6, 6.07) is 7.22. The molecule has 20 heavy (non-hydrogen) atoms. The lowest BCUT2D eigenvalue weighted by atomic mass is 10.2. The molecule has 0 radical (unpaired) electrons. The van der Waals surface area contributed by atoms with Gasteiger partial charge in [0.05, 0.1) is 13.4 Å². The molecule has 0 unspecified atom stereocenters. The van der Waals surface area contributed by atoms with Crippen molar-refractivity contribution >= 4 is 11.9 Å². The summed E-state index contributed by atoms with van der Waals surface area (Å²) in [5.74, 6) is -1.15. The van der Waals surface area contributed by atoms with E-state index in [4.69, 9.17) is 9.84 Å². The summed E-state index contributed by atoms with van der Waals surface area (Å²) < 4.78 is 5.16. The topological polar surface area (TPSA) is 104 Å². The van der Waals surface area contributed by atoms with Crippen molar-refractivity contribution in [3.63, 3.8) is 0 Å². The molecule has 104 valence electrons. The molecule has 2 aromatic rings. The maximum Gasteiger partial charge on any atom is 0.354 e. The highest BCUT2D eigenvalue weighted by molar-refractivity contribution is 6.02. The largest absolute Gasteiger partial charge is 0.496 e. The number of aromatic amines is 1. The van der Waals surface area contributed by atoms with Gasteiger partial charge in [-0.1, -0.05) is 18.2 Å². The molecule has 2 rings (SSSR count). The van der Waals surface area contributed by atoms with Gasteiger partial charge >= 0.3 is 5.97 Å². The Bertz CT molecular complexity index is 636. The molecule has 1 aromatic carbocycles. The van der Waals surface area contributed by atoms with Crippen LogP contribution in [0, 0.1) is 0 Å². The Morgan fingerprint density at radius 3 is 2.85 bits per heavy atom. The Morgan fingerprint density at radius 1 is 1.40 bits per heavy atom. The Balaban J connectivity index is 2.09. The molecule has 0 spiro atoms. The Morgan fingerprint density at radius 2 is 2.15 bits per heavy atom. The van der Waals surface area contributed by atoms with E-state index >= 15 is 0 Å². The van der Waals surface area contributed by atoms with Gasteiger partial charge in [0, 0.05) is 12.1 Å². The minimum Gasteiger partial charge on any atom is -0.496 e. The first kappa shape index (κ1) is 13.6. The van der Waals surface area contributed by atoms with Crippen LogP contribution in [0.5, 0.6) is 5.75 Å². The number of H-pyrrole nitrogens is 1. The number of aromatic carboxylic acids is 1. The zero-order chi connectivity index (χ0) is 14.5. The van der Waals surface area contributed by atoms with Gasteiger partial charge in [-0.3, -0.25) is 4.79 Å². The van der Waals surface area contributed by atoms with Gasteiger partial charge < -0.3 is 20.1 Å². The molecular weight excluding hydrogens is 262 g/mol. The summed E-state index contributed by atoms with van der Waals surface area (Å²) in [5.41, 5.74) is 0.408. The number of para-hydroxylation sites is 1. The van der Waals surface area contributed by atoms with E-state index in [-0.39, 0.29) is 17.9 Å². The van der Waals surface area contributed by atoms with E-state index in [1.807, 2.05) is 18.2 Å². The smallest absolute Gasteiger partial charge is 0.354 e. The first-order valence-electron chi connectivity index (χ1n) is 5.80. The standard InChI is InChI=1S/C13H13N3O4/c1-20-9-5-3-2-4-8(9)6-14-12(17)10-11(13(18)19)16-7-15-10/h2-5,7H,6H2,1H3,(H,14,17)(H,15,16)(H,18,19). The van der Waals surface area contributed by atoms with E-state index in [1.54, 1.807) is 6.07 Å². The third kappa shape index (κ3) is 2.77. The fourth-order valence-electron chi connectivity index (χ4n) is 1.74. The SMILES string of the molecule is COc1ccccc1CNC(=O)c1nc[nH]c1C(=O)O. The molecule has 1 heterocycles. The molecule has 1 aromatic heterocycles. The maximum atomic E-state index is 11.9. The number of aromatic nitrogens is 2. The molecule has 0 aliphatic rings. The van der Waals surface area contributed by atoms with Crippen LogP contribution in [-0.4, -0.2) is 34.1 Å². The van der Waals surface area contributed by atoms with E-state index in [0.29, 0.717) is 5.75 Å². The number of carbonyl (C=O) groups is 2. The Labute approximate surface area is 114 Å². The van der Waals surface area contributed by atoms with Gasteiger partial charge in [-0.05, 0) is 6.07 Å². The lowest BCUT2D eigenvalue weighted by molar-refractivity contribution is 0.0685. The number of nitrogens with one attached hydrogen (secondary N) is 2. The number of hydrogen-bond acceptors (Lipinski definition) is 4. The lowest BCUT2D eigenvalue weighted by Crippen LogP contribution is -2.25. The number of benzene rings is 1. The fourth-order valence-corrected chi connectivity index (χ4v) is 1.74. The molecule has 0 saturated heterocycles. The van der Waals surface area contributed by atoms with Crippen LogP contribution in [0.15, 0.2) is 30.6 Å². The number of hydrogen-bond donors (Lipinski definition) is 3. The van der Waals surface area contributed by atoms with Crippen LogP contribution in [0.25, 0.3) is 0 Å². The van der Waals surface area contributed by atoms with Gasteiger partial charge in [0.25, 0.3) is 5.91 Å². The van der Waals surface area contributed by atoms with E-state index < -0.39 is 11.9 Å². The molecular formula is C13H13N3O4. The Hall–Kier alpha value is -2.83. The average Bonchev–Trinajstić information content (AvgIpc) is 2.94. The van der Waals surface area contributed by atoms with Gasteiger partial charge in [0.2, 0.25) is 0 Å². The van der Waals surface area contributed by atoms with Gasteiger partial charge in [0.1, 0.15) is 5.75 Å². The predicted molar refractivity (Wildman–Crippen MR) is 69.7 cm³/mol. The number of carboxylic acids is 1. The van der Waals surface area contributed by atoms with Crippen LogP contribution >= 0.6 is 0 Å². The highest BCUT2D eigenvalue weighted by atomic mass is 16.5. The van der Waals surface area contributed by atoms with Crippen molar-refractivity contribution in [1.29, 1.82) is 0 Å². The summed E-state index contributed by atoms with van der Waals surface area (Å²) in [4.78, 5) is 28.9. The molecule has 0 atom stereocenters. The summed E-state index contributed by atoms with van der Waals surface area (Å²) in [6.45, 7) is 0.217. The second-order valence-electron chi connectivity index (χ2n) is 3.93. The second-order valence-corrected chi connectivity index (χ2v) is 3.93. The number of ether oxygens (including phenoxy) is 1. The summed E-state index contributed by atoms with van der Waals surface area (Å²) in [6.07, 6.45) is 1.17. The molecule has 0 saturated carbocycles. The summed E-state index contributed by atoms with van der Waals surface area (Å²) in [5, 5.41) is 11.5. The van der Waals surface area contributed by atoms with Crippen LogP contribution in [0.1, 0.15) is 26.5 Å². The summed E-state index contributed by atoms with van der Waals surface area (Å²) in [7, 11) is 1.54. The third-order valence-electron chi connectivity index (χ3n) is 2.70. The normalized spacial score (nSPS) is 10.1. The number of carboxylic acid groups (broad SMARTS) is 1. The van der Waals surface area contributed by atoms with Crippen LogP contribution in [0.3, 0.4) is 0 Å². The fraction of sp³-hybridized carbons (Fsp3) is 0.154. The van der Waals surface area contributed by atoms with E-state index in [2.05, 4.69) is 15.3 Å². The Kier molecular flexibility index (Phi) is 3.99. The van der Waals surface area contributed by atoms with Crippen molar-refractivity contribution in [3.8, 4) is 5.75 Å². The number of methoxy groups -OCH3 is 1. The van der Waals surface area contributed by atoms with Crippen molar-refractivity contribution < 1.29 is 19.4 Å². The van der Waals surface area contributed by atoms with Crippen LogP contribution < -0.4 is 10.1 Å². The quantitative estimate of drug-likeness (QED) is 0.756. The minimum absolute atomic E-state index is 0.146. The molecule has 1 amide bonds. The first-order chi connectivity index (χ1) is 9.63. The number of nitrogens with zero attached hydrogens (tertiary/aromatic N) is 1. The zero-order valence-electron chi connectivity index (χ0n) is 10.7. The third-order valence-corrected chi connectivity index (χ3v) is 2.70. The van der Waals surface area contributed by atoms with Crippen molar-refractivity contribution in [2.75, 3.05) is 7.11 Å². The van der Waals surface area contributed by atoms with E-state index in [0.717, 1.165) is 5.56 Å². The van der Waals surface area contributed by atoms with E-state index in [1.165, 1.54) is 13.4 Å². The molecule has 0 aliphatic heterocycles. The number of rotatable bonds is 5. The molecule has 0 fully saturated rings. The summed E-state index contributed by atoms with van der Waals surface area (Å²) >= 11 is 0. The van der Waals surface area contributed by atoms with Gasteiger partial charge in [0.15, 0.2) is 11.4 Å². The van der Waals surface area contributed by atoms with Gasteiger partial charge in [-0.25, -0.2) is 9.78 Å². The molecule has 7 nitrogen and oxygen atoms in total. The molecule has 0 bridgehead atoms. The van der Waals surface area contributed by atoms with Gasteiger partial charge in [-0.15, -0.1) is 0 Å². The van der Waals surface area contributed by atoms with Crippen molar-refractivity contribution in [3.05, 3.63) is 47.5 Å². The highest BCUT2D eigenvalue weighted by Gasteiger charge is 2.19. The molecule has 0 aliphatic carbocycles.